The highest BCUT2D eigenvalue weighted by Crippen LogP contribution is 2.31. The van der Waals surface area contributed by atoms with Crippen LogP contribution in [0.3, 0.4) is 0 Å². The van der Waals surface area contributed by atoms with E-state index in [1.54, 1.807) is 19.1 Å². The number of benzene rings is 1. The van der Waals surface area contributed by atoms with Crippen LogP contribution in [0.15, 0.2) is 18.2 Å². The molecular formula is C22H33N3O3. The number of aromatic nitrogens is 2. The Bertz CT molecular complexity index is 812. The summed E-state index contributed by atoms with van der Waals surface area (Å²) in [5.74, 6) is 1.98. The zero-order valence-corrected chi connectivity index (χ0v) is 18.2. The molecule has 1 amide bonds. The van der Waals surface area contributed by atoms with Gasteiger partial charge in [0, 0.05) is 37.8 Å². The Balaban J connectivity index is 2.03. The lowest BCUT2D eigenvalue weighted by Gasteiger charge is -2.20. The van der Waals surface area contributed by atoms with Crippen molar-refractivity contribution in [1.82, 2.24) is 14.7 Å². The Hall–Kier alpha value is -2.50. The van der Waals surface area contributed by atoms with Gasteiger partial charge in [-0.3, -0.25) is 9.48 Å². The topological polar surface area (TPSA) is 56.6 Å². The number of para-hydroxylation sites is 1. The summed E-state index contributed by atoms with van der Waals surface area (Å²) in [6.07, 6.45) is 1.16. The molecule has 0 aliphatic carbocycles. The lowest BCUT2D eigenvalue weighted by molar-refractivity contribution is -0.130. The first-order valence-electron chi connectivity index (χ1n) is 9.75. The highest BCUT2D eigenvalue weighted by Gasteiger charge is 2.17. The van der Waals surface area contributed by atoms with Gasteiger partial charge >= 0.3 is 0 Å². The van der Waals surface area contributed by atoms with Gasteiger partial charge in [-0.1, -0.05) is 26.0 Å². The summed E-state index contributed by atoms with van der Waals surface area (Å²) in [5.41, 5.74) is 4.29. The molecule has 1 aromatic carbocycles. The van der Waals surface area contributed by atoms with Crippen LogP contribution in [-0.2, 0) is 24.3 Å². The number of aryl methyl sites for hydroxylation is 1. The monoisotopic (exact) mass is 387 g/mol. The molecule has 6 heteroatoms. The van der Waals surface area contributed by atoms with Gasteiger partial charge in [0.2, 0.25) is 5.91 Å². The third-order valence-electron chi connectivity index (χ3n) is 4.98. The lowest BCUT2D eigenvalue weighted by atomic mass is 10.1. The van der Waals surface area contributed by atoms with Crippen molar-refractivity contribution in [2.24, 2.45) is 5.92 Å². The Kier molecular flexibility index (Phi) is 7.49. The summed E-state index contributed by atoms with van der Waals surface area (Å²) in [6.45, 7) is 9.85. The molecule has 0 saturated heterocycles. The van der Waals surface area contributed by atoms with Crippen molar-refractivity contribution in [1.29, 1.82) is 0 Å². The van der Waals surface area contributed by atoms with Gasteiger partial charge in [0.05, 0.1) is 19.9 Å². The quantitative estimate of drug-likeness (QED) is 0.657. The van der Waals surface area contributed by atoms with Gasteiger partial charge in [-0.25, -0.2) is 0 Å². The zero-order valence-electron chi connectivity index (χ0n) is 18.2. The van der Waals surface area contributed by atoms with Crippen molar-refractivity contribution in [3.05, 3.63) is 40.7 Å². The molecule has 28 heavy (non-hydrogen) atoms. The number of carbonyl (C=O) groups excluding carboxylic acids is 1. The molecule has 0 aliphatic heterocycles. The molecule has 1 aromatic heterocycles. The van der Waals surface area contributed by atoms with E-state index in [-0.39, 0.29) is 5.91 Å². The predicted molar refractivity (Wildman–Crippen MR) is 111 cm³/mol. The normalized spacial score (nSPS) is 11.0. The number of amides is 1. The summed E-state index contributed by atoms with van der Waals surface area (Å²) in [5, 5.41) is 4.64. The number of ether oxygens (including phenoxy) is 2. The van der Waals surface area contributed by atoms with Crippen molar-refractivity contribution in [3.63, 3.8) is 0 Å². The summed E-state index contributed by atoms with van der Waals surface area (Å²) in [7, 11) is 5.05. The SMILES string of the molecule is COc1cccc(CN(C)C(=O)CCc2c(C)nn(CC(C)C)c2C)c1OC. The minimum atomic E-state index is 0.0975. The summed E-state index contributed by atoms with van der Waals surface area (Å²) in [4.78, 5) is 14.4. The third kappa shape index (κ3) is 5.06. The number of methoxy groups -OCH3 is 2. The van der Waals surface area contributed by atoms with E-state index in [1.165, 1.54) is 5.56 Å². The highest BCUT2D eigenvalue weighted by atomic mass is 16.5. The second kappa shape index (κ2) is 9.62. The van der Waals surface area contributed by atoms with Crippen molar-refractivity contribution in [2.45, 2.75) is 53.6 Å². The van der Waals surface area contributed by atoms with Gasteiger partial charge in [-0.05, 0) is 37.8 Å². The van der Waals surface area contributed by atoms with Gasteiger partial charge in [0.1, 0.15) is 0 Å². The van der Waals surface area contributed by atoms with Gasteiger partial charge in [-0.2, -0.15) is 5.10 Å². The van der Waals surface area contributed by atoms with Gasteiger partial charge < -0.3 is 14.4 Å². The van der Waals surface area contributed by atoms with Crippen LogP contribution in [0, 0.1) is 19.8 Å². The molecule has 154 valence electrons. The van der Waals surface area contributed by atoms with Crippen LogP contribution < -0.4 is 9.47 Å². The minimum Gasteiger partial charge on any atom is -0.493 e. The van der Waals surface area contributed by atoms with E-state index in [2.05, 4.69) is 30.6 Å². The molecule has 0 fully saturated rings. The van der Waals surface area contributed by atoms with E-state index in [0.717, 1.165) is 23.5 Å². The van der Waals surface area contributed by atoms with E-state index < -0.39 is 0 Å². The Morgan fingerprint density at radius 1 is 1.21 bits per heavy atom. The molecule has 0 N–H and O–H groups in total. The lowest BCUT2D eigenvalue weighted by Crippen LogP contribution is -2.26. The molecule has 2 rings (SSSR count). The van der Waals surface area contributed by atoms with E-state index in [4.69, 9.17) is 9.47 Å². The smallest absolute Gasteiger partial charge is 0.222 e. The van der Waals surface area contributed by atoms with Crippen molar-refractivity contribution in [3.8, 4) is 11.5 Å². The van der Waals surface area contributed by atoms with Gasteiger partial charge in [-0.15, -0.1) is 0 Å². The Labute approximate surface area is 168 Å². The molecule has 0 radical (unpaired) electrons. The van der Waals surface area contributed by atoms with Crippen LogP contribution in [-0.4, -0.2) is 41.9 Å². The Morgan fingerprint density at radius 3 is 2.54 bits per heavy atom. The van der Waals surface area contributed by atoms with E-state index in [0.29, 0.717) is 36.8 Å². The molecule has 0 saturated carbocycles. The molecule has 6 nitrogen and oxygen atoms in total. The second-order valence-corrected chi connectivity index (χ2v) is 7.63. The number of hydrogen-bond donors (Lipinski definition) is 0. The number of carbonyl (C=O) groups is 1. The van der Waals surface area contributed by atoms with E-state index >= 15 is 0 Å². The fourth-order valence-corrected chi connectivity index (χ4v) is 3.46. The molecule has 0 bridgehead atoms. The Morgan fingerprint density at radius 2 is 1.93 bits per heavy atom. The summed E-state index contributed by atoms with van der Waals surface area (Å²) < 4.78 is 12.9. The first-order valence-corrected chi connectivity index (χ1v) is 9.75. The van der Waals surface area contributed by atoms with Crippen molar-refractivity contribution >= 4 is 5.91 Å². The largest absolute Gasteiger partial charge is 0.493 e. The molecule has 1 heterocycles. The number of hydrogen-bond acceptors (Lipinski definition) is 4. The molecule has 2 aromatic rings. The molecule has 0 spiro atoms. The van der Waals surface area contributed by atoms with Gasteiger partial charge in [0.25, 0.3) is 0 Å². The zero-order chi connectivity index (χ0) is 20.8. The van der Waals surface area contributed by atoms with E-state index in [1.807, 2.05) is 32.2 Å². The first-order chi connectivity index (χ1) is 13.3. The van der Waals surface area contributed by atoms with Crippen LogP contribution >= 0.6 is 0 Å². The second-order valence-electron chi connectivity index (χ2n) is 7.63. The van der Waals surface area contributed by atoms with Crippen LogP contribution in [0.2, 0.25) is 0 Å². The molecule has 0 atom stereocenters. The van der Waals surface area contributed by atoms with Crippen LogP contribution in [0.25, 0.3) is 0 Å². The maximum Gasteiger partial charge on any atom is 0.222 e. The number of nitrogens with zero attached hydrogens (tertiary/aromatic N) is 3. The maximum absolute atomic E-state index is 12.7. The van der Waals surface area contributed by atoms with E-state index in [9.17, 15) is 4.79 Å². The summed E-state index contributed by atoms with van der Waals surface area (Å²) in [6, 6.07) is 5.71. The van der Waals surface area contributed by atoms with Gasteiger partial charge in [0.15, 0.2) is 11.5 Å². The van der Waals surface area contributed by atoms with Crippen LogP contribution in [0.1, 0.15) is 42.8 Å². The standard InChI is InChI=1S/C22H33N3O3/c1-15(2)13-25-17(4)19(16(3)23-25)11-12-21(26)24(5)14-18-9-8-10-20(27-6)22(18)28-7/h8-10,15H,11-14H2,1-7H3. The minimum absolute atomic E-state index is 0.0975. The average Bonchev–Trinajstić information content (AvgIpc) is 2.91. The fraction of sp³-hybridized carbons (Fsp3) is 0.545. The highest BCUT2D eigenvalue weighted by molar-refractivity contribution is 5.76. The third-order valence-corrected chi connectivity index (χ3v) is 4.98. The molecule has 0 aliphatic rings. The molecule has 0 unspecified atom stereocenters. The van der Waals surface area contributed by atoms with Crippen molar-refractivity contribution < 1.29 is 14.3 Å². The van der Waals surface area contributed by atoms with Crippen LogP contribution in [0.5, 0.6) is 11.5 Å². The van der Waals surface area contributed by atoms with Crippen molar-refractivity contribution in [2.75, 3.05) is 21.3 Å². The fourth-order valence-electron chi connectivity index (χ4n) is 3.46. The predicted octanol–water partition coefficient (Wildman–Crippen LogP) is 3.76. The number of rotatable bonds is 9. The maximum atomic E-state index is 12.7. The van der Waals surface area contributed by atoms with Crippen LogP contribution in [0.4, 0.5) is 0 Å². The first kappa shape index (κ1) is 21.8. The molecular weight excluding hydrogens is 354 g/mol. The summed E-state index contributed by atoms with van der Waals surface area (Å²) >= 11 is 0. The average molecular weight is 388 g/mol.